The smallest absolute Gasteiger partial charge is 0.251 e. The molecule has 144 valence electrons. The molecular formula is C22H28NNiO2-. The van der Waals surface area contributed by atoms with Gasteiger partial charge in [0.2, 0.25) is 0 Å². The third-order valence-corrected chi connectivity index (χ3v) is 5.22. The van der Waals surface area contributed by atoms with Crippen LogP contribution in [0.5, 0.6) is 0 Å². The van der Waals surface area contributed by atoms with Gasteiger partial charge >= 0.3 is 0 Å². The van der Waals surface area contributed by atoms with Gasteiger partial charge in [-0.3, -0.25) is 4.79 Å². The molecule has 3 nitrogen and oxygen atoms in total. The van der Waals surface area contributed by atoms with E-state index in [1.54, 1.807) is 4.57 Å². The topological polar surface area (TPSA) is 31.2 Å². The number of benzene rings is 1. The Kier molecular flexibility index (Phi) is 7.67. The standard InChI is InChI=1S/C22H28NO2.Ni/c1-16-13-17(2)22(24)23(14-16)18(3)15-25-21-11-9-20(10-12-21)19-7-5-4-6-8-19;/h4-8,13-14,18,20-21H,3,9-12,15H2,1-2H3;/q-1;/t18-,20?,21?;/m0./s1. The van der Waals surface area contributed by atoms with Crippen LogP contribution in [0.25, 0.3) is 0 Å². The van der Waals surface area contributed by atoms with Gasteiger partial charge in [0, 0.05) is 34.9 Å². The van der Waals surface area contributed by atoms with Crippen LogP contribution in [-0.2, 0) is 21.2 Å². The van der Waals surface area contributed by atoms with E-state index in [1.807, 2.05) is 26.1 Å². The van der Waals surface area contributed by atoms with E-state index in [9.17, 15) is 4.79 Å². The first-order chi connectivity index (χ1) is 12.0. The van der Waals surface area contributed by atoms with Crippen LogP contribution in [-0.4, -0.2) is 17.3 Å². The molecule has 1 aliphatic carbocycles. The summed E-state index contributed by atoms with van der Waals surface area (Å²) in [5.74, 6) is 0.652. The predicted octanol–water partition coefficient (Wildman–Crippen LogP) is 4.58. The molecule has 26 heavy (non-hydrogen) atoms. The molecule has 0 bridgehead atoms. The third-order valence-electron chi connectivity index (χ3n) is 5.22. The van der Waals surface area contributed by atoms with Crippen molar-refractivity contribution in [2.24, 2.45) is 0 Å². The largest absolute Gasteiger partial charge is 0.379 e. The number of nitrogens with zero attached hydrogens (tertiary/aromatic N) is 1. The molecule has 1 fully saturated rings. The van der Waals surface area contributed by atoms with Crippen LogP contribution in [0, 0.1) is 20.8 Å². The van der Waals surface area contributed by atoms with E-state index in [0.29, 0.717) is 12.5 Å². The Morgan fingerprint density at radius 1 is 1.15 bits per heavy atom. The maximum absolute atomic E-state index is 12.3. The zero-order valence-electron chi connectivity index (χ0n) is 15.6. The molecule has 0 radical (unpaired) electrons. The van der Waals surface area contributed by atoms with Crippen LogP contribution in [0.1, 0.15) is 54.3 Å². The van der Waals surface area contributed by atoms with Gasteiger partial charge in [0.15, 0.2) is 0 Å². The second-order valence-electron chi connectivity index (χ2n) is 7.28. The summed E-state index contributed by atoms with van der Waals surface area (Å²) in [7, 11) is 0. The van der Waals surface area contributed by atoms with Crippen molar-refractivity contribution in [1.29, 1.82) is 0 Å². The summed E-state index contributed by atoms with van der Waals surface area (Å²) in [6.45, 7) is 8.48. The normalized spacial score (nSPS) is 21.0. The van der Waals surface area contributed by atoms with Crippen LogP contribution in [0.15, 0.2) is 47.4 Å². The van der Waals surface area contributed by atoms with Gasteiger partial charge in [0.1, 0.15) is 0 Å². The fraction of sp³-hybridized carbons (Fsp3) is 0.455. The number of hydrogen-bond donors (Lipinski definition) is 0. The molecule has 0 N–H and O–H groups in total. The van der Waals surface area contributed by atoms with E-state index in [-0.39, 0.29) is 34.2 Å². The number of ether oxygens (including phenoxy) is 1. The number of aryl methyl sites for hydroxylation is 2. The molecule has 1 atom stereocenters. The van der Waals surface area contributed by atoms with Gasteiger partial charge in [-0.2, -0.15) is 0 Å². The maximum Gasteiger partial charge on any atom is 0.251 e. The van der Waals surface area contributed by atoms with E-state index in [4.69, 9.17) is 4.74 Å². The van der Waals surface area contributed by atoms with Gasteiger partial charge in [-0.05, 0) is 62.6 Å². The molecule has 1 saturated carbocycles. The Labute approximate surface area is 166 Å². The quantitative estimate of drug-likeness (QED) is 0.547. The van der Waals surface area contributed by atoms with Gasteiger partial charge in [0.05, 0.1) is 6.10 Å². The minimum atomic E-state index is -0.182. The van der Waals surface area contributed by atoms with E-state index in [1.165, 1.54) is 18.4 Å². The molecule has 1 heterocycles. The van der Waals surface area contributed by atoms with Crippen LogP contribution in [0.2, 0.25) is 0 Å². The minimum absolute atomic E-state index is 0. The van der Waals surface area contributed by atoms with Crippen molar-refractivity contribution in [3.63, 3.8) is 0 Å². The zero-order chi connectivity index (χ0) is 17.8. The van der Waals surface area contributed by atoms with Gasteiger partial charge in [-0.1, -0.05) is 36.4 Å². The van der Waals surface area contributed by atoms with Crippen LogP contribution in [0.3, 0.4) is 0 Å². The molecule has 0 aliphatic heterocycles. The summed E-state index contributed by atoms with van der Waals surface area (Å²) >= 11 is 0. The van der Waals surface area contributed by atoms with Crippen molar-refractivity contribution in [3.05, 3.63) is 76.6 Å². The van der Waals surface area contributed by atoms with Gasteiger partial charge < -0.3 is 16.2 Å². The summed E-state index contributed by atoms with van der Waals surface area (Å²) in [4.78, 5) is 12.3. The summed E-state index contributed by atoms with van der Waals surface area (Å²) in [6, 6.07) is 12.5. The third kappa shape index (κ3) is 5.08. The molecule has 1 aromatic heterocycles. The molecule has 0 unspecified atom stereocenters. The molecular weight excluding hydrogens is 369 g/mol. The summed E-state index contributed by atoms with van der Waals surface area (Å²) in [5.41, 5.74) is 3.31. The van der Waals surface area contributed by atoms with Crippen molar-refractivity contribution in [2.75, 3.05) is 6.61 Å². The van der Waals surface area contributed by atoms with E-state index >= 15 is 0 Å². The van der Waals surface area contributed by atoms with E-state index in [0.717, 1.165) is 24.0 Å². The number of pyridine rings is 1. The summed E-state index contributed by atoms with van der Waals surface area (Å²) < 4.78 is 7.80. The molecule has 1 aromatic carbocycles. The van der Waals surface area contributed by atoms with E-state index in [2.05, 4.69) is 37.3 Å². The van der Waals surface area contributed by atoms with Crippen molar-refractivity contribution in [2.45, 2.75) is 57.6 Å². The van der Waals surface area contributed by atoms with Crippen LogP contribution < -0.4 is 5.56 Å². The average Bonchev–Trinajstić information content (AvgIpc) is 2.64. The first-order valence-corrected chi connectivity index (χ1v) is 9.23. The molecule has 0 spiro atoms. The maximum atomic E-state index is 12.3. The van der Waals surface area contributed by atoms with E-state index < -0.39 is 0 Å². The number of hydrogen-bond acceptors (Lipinski definition) is 2. The average molecular weight is 397 g/mol. The molecule has 0 amide bonds. The molecule has 4 heteroatoms. The van der Waals surface area contributed by atoms with Crippen molar-refractivity contribution >= 4 is 0 Å². The fourth-order valence-electron chi connectivity index (χ4n) is 3.81. The monoisotopic (exact) mass is 396 g/mol. The number of aromatic nitrogens is 1. The van der Waals surface area contributed by atoms with Gasteiger partial charge in [-0.15, -0.1) is 0 Å². The zero-order valence-corrected chi connectivity index (χ0v) is 16.6. The van der Waals surface area contributed by atoms with Crippen LogP contribution in [0.4, 0.5) is 0 Å². The Balaban J connectivity index is 0.00000243. The summed E-state index contributed by atoms with van der Waals surface area (Å²) in [5, 5.41) is 0. The van der Waals surface area contributed by atoms with Crippen molar-refractivity contribution in [3.8, 4) is 0 Å². The summed E-state index contributed by atoms with van der Waals surface area (Å²) in [6.07, 6.45) is 6.65. The Morgan fingerprint density at radius 3 is 2.46 bits per heavy atom. The Hall–Kier alpha value is -1.38. The molecule has 2 aromatic rings. The first-order valence-electron chi connectivity index (χ1n) is 9.23. The molecule has 0 saturated heterocycles. The first kappa shape index (κ1) is 20.9. The Morgan fingerprint density at radius 2 is 1.81 bits per heavy atom. The van der Waals surface area contributed by atoms with Gasteiger partial charge in [-0.25, -0.2) is 0 Å². The SMILES string of the molecule is [CH2-][C@@H](COC1CCC(c2ccccc2)CC1)n1cc(C)cc(C)c1=O.[Ni]. The fourth-order valence-corrected chi connectivity index (χ4v) is 3.81. The second kappa shape index (κ2) is 9.53. The minimum Gasteiger partial charge on any atom is -0.379 e. The molecule has 1 aliphatic rings. The van der Waals surface area contributed by atoms with Crippen molar-refractivity contribution < 1.29 is 21.2 Å². The molecule has 3 rings (SSSR count). The number of rotatable bonds is 5. The predicted molar refractivity (Wildman–Crippen MR) is 102 cm³/mol. The second-order valence-corrected chi connectivity index (χ2v) is 7.28. The Bertz CT molecular complexity index is 748. The van der Waals surface area contributed by atoms with Crippen LogP contribution >= 0.6 is 0 Å². The van der Waals surface area contributed by atoms with Crippen molar-refractivity contribution in [1.82, 2.24) is 4.57 Å². The van der Waals surface area contributed by atoms with Gasteiger partial charge in [0.25, 0.3) is 5.56 Å².